The minimum absolute atomic E-state index is 0. The SMILES string of the molecule is C.CC(C)Nc1nc(-c2cc(OC(C)C)c3ccc(OCCN4CCCCC4)c(Cl)c3n2)cs1.CC(C)Nc1nc(-c2cc(OC(C)C)c3ccc(OCCN4CCN(C)CC4)c(Cl)c3n2)cs1.COc1ccc2c(OC(C)C)cc(-c3nc(C(C)C)cs3)nc2c1Cl. The molecule has 0 atom stereocenters. The topological polar surface area (TPSA) is 166 Å². The van der Waals surface area contributed by atoms with Crippen LogP contribution in [0.3, 0.4) is 0 Å². The van der Waals surface area contributed by atoms with E-state index in [4.69, 9.17) is 93.1 Å². The second-order valence-corrected chi connectivity index (χ2v) is 28.4. The van der Waals surface area contributed by atoms with Crippen molar-refractivity contribution in [2.45, 2.75) is 146 Å². The summed E-state index contributed by atoms with van der Waals surface area (Å²) in [6, 6.07) is 18.0. The van der Waals surface area contributed by atoms with Gasteiger partial charge in [-0.25, -0.2) is 29.9 Å². The van der Waals surface area contributed by atoms with Crippen LogP contribution in [0, 0.1) is 0 Å². The molecule has 11 rings (SSSR count). The predicted octanol–water partition coefficient (Wildman–Crippen LogP) is 18.3. The molecule has 2 N–H and O–H groups in total. The summed E-state index contributed by atoms with van der Waals surface area (Å²) < 4.78 is 35.8. The van der Waals surface area contributed by atoms with Crippen LogP contribution in [0.2, 0.25) is 15.1 Å². The Kier molecular flexibility index (Phi) is 26.6. The van der Waals surface area contributed by atoms with Gasteiger partial charge >= 0.3 is 0 Å². The van der Waals surface area contributed by atoms with Gasteiger partial charge in [-0.2, -0.15) is 0 Å². The molecule has 2 saturated heterocycles. The molecular weight excluding hydrogens is 1290 g/mol. The summed E-state index contributed by atoms with van der Waals surface area (Å²) in [5, 5.41) is 19.5. The van der Waals surface area contributed by atoms with Crippen LogP contribution in [0.5, 0.6) is 34.5 Å². The number of halogens is 3. The van der Waals surface area contributed by atoms with Crippen LogP contribution in [0.4, 0.5) is 10.3 Å². The number of nitrogens with zero attached hydrogens (tertiary/aromatic N) is 9. The summed E-state index contributed by atoms with van der Waals surface area (Å²) >= 11 is 24.9. The molecule has 3 aromatic carbocycles. The molecule has 2 aliphatic rings. The number of piperidine rings is 1. The molecule has 17 nitrogen and oxygen atoms in total. The summed E-state index contributed by atoms with van der Waals surface area (Å²) in [5.41, 5.74) is 6.87. The van der Waals surface area contributed by atoms with Crippen molar-refractivity contribution in [2.75, 3.05) is 90.4 Å². The average molecular weight is 1390 g/mol. The fourth-order valence-corrected chi connectivity index (χ4v) is 13.8. The van der Waals surface area contributed by atoms with Crippen LogP contribution in [-0.2, 0) is 0 Å². The molecule has 0 aliphatic carbocycles. The highest BCUT2D eigenvalue weighted by Gasteiger charge is 2.23. The molecule has 0 unspecified atom stereocenters. The van der Waals surface area contributed by atoms with Crippen molar-refractivity contribution in [2.24, 2.45) is 0 Å². The summed E-state index contributed by atoms with van der Waals surface area (Å²) in [4.78, 5) is 35.9. The molecule has 23 heteroatoms. The summed E-state index contributed by atoms with van der Waals surface area (Å²) in [7, 11) is 3.76. The lowest BCUT2D eigenvalue weighted by atomic mass is 10.1. The molecule has 8 heterocycles. The average Bonchev–Trinajstić information content (AvgIpc) is 1.80. The molecule has 2 aliphatic heterocycles. The van der Waals surface area contributed by atoms with Crippen molar-refractivity contribution in [1.29, 1.82) is 0 Å². The lowest BCUT2D eigenvalue weighted by molar-refractivity contribution is 0.134. The van der Waals surface area contributed by atoms with Gasteiger partial charge in [0.05, 0.1) is 59.1 Å². The Morgan fingerprint density at radius 2 is 0.871 bits per heavy atom. The van der Waals surface area contributed by atoms with Gasteiger partial charge in [0.2, 0.25) is 0 Å². The maximum Gasteiger partial charge on any atom is 0.183 e. The van der Waals surface area contributed by atoms with Gasteiger partial charge in [0.15, 0.2) is 10.3 Å². The van der Waals surface area contributed by atoms with E-state index in [0.29, 0.717) is 80.1 Å². The number of ether oxygens (including phenoxy) is 6. The van der Waals surface area contributed by atoms with Gasteiger partial charge < -0.3 is 44.0 Å². The maximum atomic E-state index is 6.83. The number of methoxy groups -OCH3 is 1. The number of hydrogen-bond acceptors (Lipinski definition) is 20. The zero-order valence-electron chi connectivity index (χ0n) is 55.4. The monoisotopic (exact) mass is 1380 g/mol. The molecule has 93 heavy (non-hydrogen) atoms. The minimum Gasteiger partial charge on any atom is -0.495 e. The van der Waals surface area contributed by atoms with Crippen molar-refractivity contribution in [1.82, 2.24) is 44.6 Å². The number of nitrogens with one attached hydrogen (secondary N) is 2. The van der Waals surface area contributed by atoms with Crippen molar-refractivity contribution in [3.05, 3.63) is 91.5 Å². The third-order valence-corrected chi connectivity index (χ3v) is 18.4. The van der Waals surface area contributed by atoms with Crippen LogP contribution in [0.15, 0.2) is 70.7 Å². The van der Waals surface area contributed by atoms with E-state index in [9.17, 15) is 0 Å². The Morgan fingerprint density at radius 3 is 1.28 bits per heavy atom. The standard InChI is InChI=1S/C25H34ClN5O2S.C25H33ClN4O2S.C19H21ClN2O2S.CH4/c1-16(2)27-25-29-20(15-34-25)19-14-22(33-17(3)4)18-6-7-21(23(26)24(18)28-19)32-13-12-31-10-8-30(5)9-11-31;1-16(2)27-25-29-20(15-33-25)19-14-22(32-17(3)4)18-8-9-21(23(26)24(18)28-19)31-13-12-30-10-6-5-7-11-30;1-10(2)14-9-25-19(22-14)13-8-16(24-11(3)4)12-6-7-15(23-5)17(20)18(12)21-13;/h6-7,14-17H,8-13H2,1-5H3,(H,27,29);8-9,14-17H,5-7,10-13H2,1-4H3,(H,27,29);6-11H,1-5H3;1H4. The van der Waals surface area contributed by atoms with Gasteiger partial charge in [-0.1, -0.05) is 62.5 Å². The lowest BCUT2D eigenvalue weighted by Gasteiger charge is -2.32. The van der Waals surface area contributed by atoms with E-state index in [0.717, 1.165) is 135 Å². The number of rotatable bonds is 23. The van der Waals surface area contributed by atoms with Crippen molar-refractivity contribution >= 4 is 112 Å². The van der Waals surface area contributed by atoms with E-state index in [2.05, 4.69) is 79.3 Å². The van der Waals surface area contributed by atoms with E-state index in [1.165, 1.54) is 19.3 Å². The first-order valence-electron chi connectivity index (χ1n) is 31.8. The normalized spacial score (nSPS) is 14.0. The number of fused-ring (bicyclic) bond motifs is 3. The van der Waals surface area contributed by atoms with Gasteiger partial charge in [0, 0.05) is 102 Å². The highest BCUT2D eigenvalue weighted by Crippen LogP contribution is 2.43. The zero-order valence-corrected chi connectivity index (χ0v) is 60.1. The van der Waals surface area contributed by atoms with E-state index >= 15 is 0 Å². The van der Waals surface area contributed by atoms with Gasteiger partial charge in [-0.15, -0.1) is 34.0 Å². The maximum absolute atomic E-state index is 6.83. The second kappa shape index (κ2) is 34.0. The largest absolute Gasteiger partial charge is 0.495 e. The molecular formula is C70H92Cl3N11O6S3. The van der Waals surface area contributed by atoms with Gasteiger partial charge in [-0.05, 0) is 145 Å². The molecule has 6 aromatic heterocycles. The Bertz CT molecular complexity index is 3880. The number of pyridine rings is 3. The van der Waals surface area contributed by atoms with Gasteiger partial charge in [-0.3, -0.25) is 9.80 Å². The first-order valence-corrected chi connectivity index (χ1v) is 35.6. The second-order valence-electron chi connectivity index (χ2n) is 24.7. The number of thiazole rings is 3. The first-order chi connectivity index (χ1) is 44.1. The molecule has 0 radical (unpaired) electrons. The highest BCUT2D eigenvalue weighted by atomic mass is 35.5. The minimum atomic E-state index is 0. The van der Waals surface area contributed by atoms with Crippen LogP contribution in [0.25, 0.3) is 66.2 Å². The fourth-order valence-electron chi connectivity index (χ4n) is 10.3. The van der Waals surface area contributed by atoms with Crippen LogP contribution in [-0.4, -0.2) is 155 Å². The molecule has 9 aromatic rings. The number of piperazine rings is 1. The Balaban J connectivity index is 0.000000180. The summed E-state index contributed by atoms with van der Waals surface area (Å²) in [5.74, 6) is 4.51. The van der Waals surface area contributed by atoms with Gasteiger partial charge in [0.1, 0.15) is 84.9 Å². The first kappa shape index (κ1) is 72.8. The summed E-state index contributed by atoms with van der Waals surface area (Å²) in [6.45, 7) is 34.3. The third kappa shape index (κ3) is 19.6. The van der Waals surface area contributed by atoms with Crippen LogP contribution >= 0.6 is 68.8 Å². The number of benzene rings is 3. The number of hydrogen-bond donors (Lipinski definition) is 2. The van der Waals surface area contributed by atoms with Gasteiger partial charge in [0.25, 0.3) is 0 Å². The van der Waals surface area contributed by atoms with E-state index < -0.39 is 0 Å². The van der Waals surface area contributed by atoms with Crippen molar-refractivity contribution in [3.8, 4) is 68.0 Å². The van der Waals surface area contributed by atoms with E-state index in [-0.39, 0.29) is 25.7 Å². The molecule has 2 fully saturated rings. The van der Waals surface area contributed by atoms with Crippen molar-refractivity contribution in [3.63, 3.8) is 0 Å². The van der Waals surface area contributed by atoms with Crippen molar-refractivity contribution < 1.29 is 28.4 Å². The predicted molar refractivity (Wildman–Crippen MR) is 391 cm³/mol. The number of likely N-dealkylation sites (tertiary alicyclic amines) is 1. The quantitative estimate of drug-likeness (QED) is 0.0620. The number of aromatic nitrogens is 6. The number of anilines is 2. The number of likely N-dealkylation sites (N-methyl/N-ethyl adjacent to an activating group) is 1. The van der Waals surface area contributed by atoms with E-state index in [1.807, 2.05) is 107 Å². The lowest BCUT2D eigenvalue weighted by Crippen LogP contribution is -2.45. The summed E-state index contributed by atoms with van der Waals surface area (Å²) in [6.07, 6.45) is 3.96. The Labute approximate surface area is 576 Å². The highest BCUT2D eigenvalue weighted by molar-refractivity contribution is 7.14. The third-order valence-electron chi connectivity index (χ3n) is 14.9. The molecule has 0 spiro atoms. The van der Waals surface area contributed by atoms with E-state index in [1.54, 1.807) is 41.1 Å². The van der Waals surface area contributed by atoms with Crippen LogP contribution in [0.1, 0.15) is 121 Å². The Morgan fingerprint density at radius 1 is 0.462 bits per heavy atom. The molecule has 0 saturated carbocycles. The molecule has 0 bridgehead atoms. The van der Waals surface area contributed by atoms with Crippen LogP contribution < -0.4 is 39.1 Å². The molecule has 502 valence electrons. The molecule has 0 amide bonds. The Hall–Kier alpha value is -6.07. The zero-order chi connectivity index (χ0) is 65.8. The smallest absolute Gasteiger partial charge is 0.183 e. The fraction of sp³-hybridized carbons (Fsp3) is 0.486.